The molecule has 1 heterocycles. The monoisotopic (exact) mass is 447 g/mol. The molecule has 162 valence electrons. The molecule has 0 aromatic heterocycles. The fourth-order valence-electron chi connectivity index (χ4n) is 3.29. The van der Waals surface area contributed by atoms with Crippen LogP contribution in [0.2, 0.25) is 0 Å². The van der Waals surface area contributed by atoms with Crippen LogP contribution in [0.15, 0.2) is 83.8 Å². The molecule has 1 aliphatic rings. The van der Waals surface area contributed by atoms with Gasteiger partial charge in [0.15, 0.2) is 0 Å². The Morgan fingerprint density at radius 2 is 1.53 bits per heavy atom. The lowest BCUT2D eigenvalue weighted by atomic mass is 10.3. The summed E-state index contributed by atoms with van der Waals surface area (Å²) in [4.78, 5) is 39.5. The summed E-state index contributed by atoms with van der Waals surface area (Å²) in [6.45, 7) is 0. The van der Waals surface area contributed by atoms with Crippen LogP contribution >= 0.6 is 11.8 Å². The van der Waals surface area contributed by atoms with Crippen LogP contribution in [-0.4, -0.2) is 30.2 Å². The van der Waals surface area contributed by atoms with Gasteiger partial charge in [-0.1, -0.05) is 18.2 Å². The van der Waals surface area contributed by atoms with Crippen molar-refractivity contribution in [2.45, 2.75) is 16.6 Å². The van der Waals surface area contributed by atoms with Crippen molar-refractivity contribution in [1.29, 1.82) is 0 Å². The van der Waals surface area contributed by atoms with E-state index in [1.54, 1.807) is 55.6 Å². The van der Waals surface area contributed by atoms with Crippen LogP contribution in [0.1, 0.15) is 6.42 Å². The lowest BCUT2D eigenvalue weighted by Gasteiger charge is -2.15. The second kappa shape index (κ2) is 9.57. The molecule has 1 fully saturated rings. The largest absolute Gasteiger partial charge is 0.497 e. The number of carbonyl (C=O) groups is 3. The molecule has 0 spiro atoms. The van der Waals surface area contributed by atoms with Gasteiger partial charge in [-0.15, -0.1) is 11.8 Å². The first-order valence-corrected chi connectivity index (χ1v) is 10.8. The minimum Gasteiger partial charge on any atom is -0.497 e. The van der Waals surface area contributed by atoms with Crippen LogP contribution in [0.4, 0.5) is 21.9 Å². The van der Waals surface area contributed by atoms with E-state index in [0.29, 0.717) is 22.8 Å². The topological polar surface area (TPSA) is 87.7 Å². The zero-order chi connectivity index (χ0) is 22.5. The first-order valence-electron chi connectivity index (χ1n) is 9.94. The minimum atomic E-state index is -0.496. The lowest BCUT2D eigenvalue weighted by Crippen LogP contribution is -2.31. The highest BCUT2D eigenvalue weighted by atomic mass is 32.2. The van der Waals surface area contributed by atoms with E-state index in [4.69, 9.17) is 4.74 Å². The SMILES string of the molecule is COc1ccc(N2C(=O)CC(Sc3ccc(NC(=O)Nc4ccccc4)cc3)C2=O)cc1. The van der Waals surface area contributed by atoms with Crippen molar-refractivity contribution in [1.82, 2.24) is 0 Å². The van der Waals surface area contributed by atoms with Gasteiger partial charge in [0.2, 0.25) is 11.8 Å². The maximum atomic E-state index is 12.8. The van der Waals surface area contributed by atoms with E-state index in [-0.39, 0.29) is 24.3 Å². The Hall–Kier alpha value is -3.78. The number of hydrogen-bond donors (Lipinski definition) is 2. The molecule has 4 amide bonds. The van der Waals surface area contributed by atoms with Crippen molar-refractivity contribution < 1.29 is 19.1 Å². The normalized spacial score (nSPS) is 15.5. The third-order valence-corrected chi connectivity index (χ3v) is 6.06. The van der Waals surface area contributed by atoms with Gasteiger partial charge in [-0.25, -0.2) is 9.69 Å². The van der Waals surface area contributed by atoms with Crippen LogP contribution in [0.3, 0.4) is 0 Å². The summed E-state index contributed by atoms with van der Waals surface area (Å²) in [7, 11) is 1.56. The van der Waals surface area contributed by atoms with Gasteiger partial charge < -0.3 is 15.4 Å². The van der Waals surface area contributed by atoms with Crippen LogP contribution < -0.4 is 20.3 Å². The Morgan fingerprint density at radius 1 is 0.906 bits per heavy atom. The lowest BCUT2D eigenvalue weighted by molar-refractivity contribution is -0.121. The molecule has 8 heteroatoms. The number of benzene rings is 3. The molecule has 0 radical (unpaired) electrons. The van der Waals surface area contributed by atoms with Crippen molar-refractivity contribution in [2.75, 3.05) is 22.6 Å². The molecule has 7 nitrogen and oxygen atoms in total. The van der Waals surface area contributed by atoms with E-state index >= 15 is 0 Å². The third-order valence-electron chi connectivity index (χ3n) is 4.86. The number of amides is 4. The van der Waals surface area contributed by atoms with E-state index < -0.39 is 5.25 Å². The smallest absolute Gasteiger partial charge is 0.323 e. The first-order chi connectivity index (χ1) is 15.5. The van der Waals surface area contributed by atoms with Crippen molar-refractivity contribution in [2.24, 2.45) is 0 Å². The highest BCUT2D eigenvalue weighted by Crippen LogP contribution is 2.34. The number of anilines is 3. The molecule has 4 rings (SSSR count). The summed E-state index contributed by atoms with van der Waals surface area (Å²) in [5, 5.41) is 5.02. The van der Waals surface area contributed by atoms with E-state index in [9.17, 15) is 14.4 Å². The predicted molar refractivity (Wildman–Crippen MR) is 125 cm³/mol. The zero-order valence-corrected chi connectivity index (χ0v) is 18.1. The number of urea groups is 1. The number of methoxy groups -OCH3 is 1. The van der Waals surface area contributed by atoms with Crippen molar-refractivity contribution in [3.63, 3.8) is 0 Å². The first kappa shape index (κ1) is 21.5. The van der Waals surface area contributed by atoms with Gasteiger partial charge in [-0.3, -0.25) is 9.59 Å². The highest BCUT2D eigenvalue weighted by molar-refractivity contribution is 8.00. The molecule has 0 saturated carbocycles. The molecule has 1 saturated heterocycles. The zero-order valence-electron chi connectivity index (χ0n) is 17.3. The number of rotatable bonds is 6. The quantitative estimate of drug-likeness (QED) is 0.532. The fraction of sp³-hybridized carbons (Fsp3) is 0.125. The average molecular weight is 448 g/mol. The summed E-state index contributed by atoms with van der Waals surface area (Å²) in [5.41, 5.74) is 1.85. The van der Waals surface area contributed by atoms with Gasteiger partial charge in [-0.2, -0.15) is 0 Å². The molecule has 3 aromatic carbocycles. The fourth-order valence-corrected chi connectivity index (χ4v) is 4.35. The molecule has 3 aromatic rings. The summed E-state index contributed by atoms with van der Waals surface area (Å²) < 4.78 is 5.13. The van der Waals surface area contributed by atoms with Gasteiger partial charge in [-0.05, 0) is 60.7 Å². The number of thioether (sulfide) groups is 1. The van der Waals surface area contributed by atoms with Gasteiger partial charge >= 0.3 is 6.03 Å². The van der Waals surface area contributed by atoms with E-state index in [1.165, 1.54) is 16.7 Å². The Kier molecular flexibility index (Phi) is 6.42. The summed E-state index contributed by atoms with van der Waals surface area (Å²) in [5.74, 6) is 0.188. The van der Waals surface area contributed by atoms with Crippen molar-refractivity contribution in [3.05, 3.63) is 78.9 Å². The van der Waals surface area contributed by atoms with Gasteiger partial charge in [0.1, 0.15) is 5.75 Å². The molecule has 32 heavy (non-hydrogen) atoms. The minimum absolute atomic E-state index is 0.134. The summed E-state index contributed by atoms with van der Waals surface area (Å²) in [6, 6.07) is 22.8. The Bertz CT molecular complexity index is 1120. The molecular formula is C24H21N3O4S. The molecular weight excluding hydrogens is 426 g/mol. The Morgan fingerprint density at radius 3 is 2.16 bits per heavy atom. The molecule has 1 aliphatic heterocycles. The maximum absolute atomic E-state index is 12.8. The summed E-state index contributed by atoms with van der Waals surface area (Å²) in [6.07, 6.45) is 0.134. The number of hydrogen-bond acceptors (Lipinski definition) is 5. The number of imide groups is 1. The number of para-hydroxylation sites is 1. The molecule has 1 unspecified atom stereocenters. The number of ether oxygens (including phenoxy) is 1. The highest BCUT2D eigenvalue weighted by Gasteiger charge is 2.40. The van der Waals surface area contributed by atoms with Crippen molar-refractivity contribution in [3.8, 4) is 5.75 Å². The molecule has 2 N–H and O–H groups in total. The molecule has 1 atom stereocenters. The van der Waals surface area contributed by atoms with Gasteiger partial charge in [0.05, 0.1) is 18.0 Å². The van der Waals surface area contributed by atoms with E-state index in [1.807, 2.05) is 30.3 Å². The van der Waals surface area contributed by atoms with Crippen LogP contribution in [0.5, 0.6) is 5.75 Å². The standard InChI is InChI=1S/C24H21N3O4S/c1-31-19-11-9-18(10-12-19)27-22(28)15-21(23(27)29)32-20-13-7-17(8-14-20)26-24(30)25-16-5-3-2-4-6-16/h2-14,21H,15H2,1H3,(H2,25,26,30). The van der Waals surface area contributed by atoms with E-state index in [0.717, 1.165) is 4.90 Å². The second-order valence-corrected chi connectivity index (χ2v) is 8.32. The average Bonchev–Trinajstić information content (AvgIpc) is 3.08. The number of carbonyl (C=O) groups excluding carboxylic acids is 3. The summed E-state index contributed by atoms with van der Waals surface area (Å²) >= 11 is 1.33. The van der Waals surface area contributed by atoms with Crippen molar-refractivity contribution >= 4 is 46.7 Å². The molecule has 0 aliphatic carbocycles. The number of nitrogens with one attached hydrogen (secondary N) is 2. The molecule has 0 bridgehead atoms. The Labute approximate surface area is 189 Å². The van der Waals surface area contributed by atoms with Crippen LogP contribution in [0.25, 0.3) is 0 Å². The predicted octanol–water partition coefficient (Wildman–Crippen LogP) is 4.76. The Balaban J connectivity index is 1.36. The maximum Gasteiger partial charge on any atom is 0.323 e. The van der Waals surface area contributed by atoms with Gasteiger partial charge in [0, 0.05) is 22.7 Å². The van der Waals surface area contributed by atoms with Gasteiger partial charge in [0.25, 0.3) is 0 Å². The van der Waals surface area contributed by atoms with Crippen LogP contribution in [0, 0.1) is 0 Å². The van der Waals surface area contributed by atoms with E-state index in [2.05, 4.69) is 10.6 Å². The second-order valence-electron chi connectivity index (χ2n) is 7.05. The third kappa shape index (κ3) is 4.92. The van der Waals surface area contributed by atoms with Crippen LogP contribution in [-0.2, 0) is 9.59 Å². The number of nitrogens with zero attached hydrogens (tertiary/aromatic N) is 1.